The van der Waals surface area contributed by atoms with Crippen molar-refractivity contribution < 1.29 is 19.4 Å². The largest absolute Gasteiger partial charge is 0.480 e. The molecule has 27 heavy (non-hydrogen) atoms. The summed E-state index contributed by atoms with van der Waals surface area (Å²) < 4.78 is 5.46. The molecule has 1 aliphatic rings. The maximum absolute atomic E-state index is 12.1. The third-order valence-corrected chi connectivity index (χ3v) is 4.86. The number of nitrogens with two attached hydrogens (primary N) is 1. The van der Waals surface area contributed by atoms with E-state index in [2.05, 4.69) is 29.6 Å². The molecule has 3 rings (SSSR count). The average Bonchev–Trinajstić information content (AvgIpc) is 3.00. The lowest BCUT2D eigenvalue weighted by molar-refractivity contribution is -0.144. The summed E-state index contributed by atoms with van der Waals surface area (Å²) in [6.07, 6.45) is 0.956. The van der Waals surface area contributed by atoms with E-state index in [4.69, 9.17) is 10.5 Å². The fourth-order valence-corrected chi connectivity index (χ4v) is 3.51. The zero-order chi connectivity index (χ0) is 19.2. The number of carboxylic acids is 1. The molecule has 1 atom stereocenters. The van der Waals surface area contributed by atoms with Gasteiger partial charge in [0.05, 0.1) is 6.54 Å². The summed E-state index contributed by atoms with van der Waals surface area (Å²) in [6, 6.07) is 15.4. The summed E-state index contributed by atoms with van der Waals surface area (Å²) >= 11 is 0. The minimum absolute atomic E-state index is 0.00568. The lowest BCUT2D eigenvalue weighted by Gasteiger charge is -2.16. The molecule has 0 amide bonds. The van der Waals surface area contributed by atoms with E-state index >= 15 is 0 Å². The zero-order valence-electron chi connectivity index (χ0n) is 15.1. The molecule has 4 N–H and O–H groups in total. The molecule has 6 nitrogen and oxygen atoms in total. The van der Waals surface area contributed by atoms with E-state index in [0.717, 1.165) is 11.1 Å². The Kier molecular flexibility index (Phi) is 6.21. The summed E-state index contributed by atoms with van der Waals surface area (Å²) in [5, 5.41) is 11.9. The van der Waals surface area contributed by atoms with Gasteiger partial charge in [-0.25, -0.2) is 0 Å². The van der Waals surface area contributed by atoms with Gasteiger partial charge in [-0.1, -0.05) is 48.5 Å². The predicted octanol–water partition coefficient (Wildman–Crippen LogP) is 2.12. The molecule has 0 unspecified atom stereocenters. The highest BCUT2D eigenvalue weighted by Gasteiger charge is 2.29. The number of esters is 1. The van der Waals surface area contributed by atoms with Gasteiger partial charge in [-0.05, 0) is 41.6 Å². The Morgan fingerprint density at radius 3 is 2.22 bits per heavy atom. The second kappa shape index (κ2) is 8.79. The van der Waals surface area contributed by atoms with Gasteiger partial charge in [0.1, 0.15) is 12.6 Å². The Morgan fingerprint density at radius 1 is 1.07 bits per heavy atom. The van der Waals surface area contributed by atoms with Gasteiger partial charge in [-0.15, -0.1) is 0 Å². The van der Waals surface area contributed by atoms with E-state index in [0.29, 0.717) is 19.4 Å². The summed E-state index contributed by atoms with van der Waals surface area (Å²) in [4.78, 5) is 23.3. The Labute approximate surface area is 158 Å². The number of fused-ring (bicyclic) bond motifs is 3. The normalized spacial score (nSPS) is 13.7. The smallest absolute Gasteiger partial charge is 0.320 e. The molecule has 0 radical (unpaired) electrons. The van der Waals surface area contributed by atoms with Crippen LogP contribution in [-0.4, -0.2) is 42.8 Å². The first-order chi connectivity index (χ1) is 13.1. The summed E-state index contributed by atoms with van der Waals surface area (Å²) in [5.41, 5.74) is 10.0. The fraction of sp³-hybridized carbons (Fsp3) is 0.333. The van der Waals surface area contributed by atoms with E-state index in [1.54, 1.807) is 0 Å². The Morgan fingerprint density at radius 2 is 1.67 bits per heavy atom. The first-order valence-corrected chi connectivity index (χ1v) is 9.12. The van der Waals surface area contributed by atoms with Gasteiger partial charge in [-0.3, -0.25) is 14.9 Å². The number of carbonyl (C=O) groups excluding carboxylic acids is 1. The van der Waals surface area contributed by atoms with Crippen molar-refractivity contribution in [3.63, 3.8) is 0 Å². The van der Waals surface area contributed by atoms with Crippen molar-refractivity contribution in [2.45, 2.75) is 24.8 Å². The van der Waals surface area contributed by atoms with Crippen molar-refractivity contribution in [3.8, 4) is 11.1 Å². The third kappa shape index (κ3) is 4.35. The third-order valence-electron chi connectivity index (χ3n) is 4.86. The highest BCUT2D eigenvalue weighted by Crippen LogP contribution is 2.44. The molecule has 0 aromatic heterocycles. The highest BCUT2D eigenvalue weighted by atomic mass is 16.5. The Hall–Kier alpha value is -2.70. The number of benzene rings is 2. The topological polar surface area (TPSA) is 102 Å². The molecule has 0 saturated carbocycles. The molecule has 2 aromatic carbocycles. The quantitative estimate of drug-likeness (QED) is 0.586. The molecule has 0 saturated heterocycles. The monoisotopic (exact) mass is 368 g/mol. The minimum atomic E-state index is -0.991. The van der Waals surface area contributed by atoms with E-state index in [-0.39, 0.29) is 19.1 Å². The molecular formula is C21H24N2O4. The number of aliphatic carboxylic acids is 1. The van der Waals surface area contributed by atoms with Gasteiger partial charge in [0, 0.05) is 5.92 Å². The van der Waals surface area contributed by atoms with E-state index in [9.17, 15) is 14.7 Å². The predicted molar refractivity (Wildman–Crippen MR) is 102 cm³/mol. The summed E-state index contributed by atoms with van der Waals surface area (Å²) in [6.45, 7) is 0.503. The van der Waals surface area contributed by atoms with Crippen LogP contribution < -0.4 is 11.1 Å². The Balaban J connectivity index is 1.60. The van der Waals surface area contributed by atoms with Gasteiger partial charge >= 0.3 is 11.9 Å². The summed E-state index contributed by atoms with van der Waals surface area (Å²) in [7, 11) is 0. The van der Waals surface area contributed by atoms with Crippen molar-refractivity contribution in [3.05, 3.63) is 59.7 Å². The summed E-state index contributed by atoms with van der Waals surface area (Å²) in [5.74, 6) is -1.46. The van der Waals surface area contributed by atoms with Crippen LogP contribution in [0.2, 0.25) is 0 Å². The second-order valence-electron chi connectivity index (χ2n) is 6.61. The first-order valence-electron chi connectivity index (χ1n) is 9.12. The highest BCUT2D eigenvalue weighted by molar-refractivity contribution is 5.79. The number of ether oxygens (including phenoxy) is 1. The van der Waals surface area contributed by atoms with Crippen LogP contribution in [0, 0.1) is 0 Å². The van der Waals surface area contributed by atoms with Crippen LogP contribution in [0.5, 0.6) is 0 Å². The standard InChI is InChI=1S/C21H24N2O4/c22-11-5-10-19(21(25)26)23-12-20(24)27-13-18-16-8-3-1-6-14(16)15-7-2-4-9-17(15)18/h1-4,6-9,18-19,23H,5,10-13,22H2,(H,25,26)/t19-/m0/s1. The van der Waals surface area contributed by atoms with Crippen molar-refractivity contribution in [2.24, 2.45) is 5.73 Å². The SMILES string of the molecule is NCCC[C@H](NCC(=O)OCC1c2ccccc2-c2ccccc21)C(=O)O. The molecule has 0 spiro atoms. The Bertz CT molecular complexity index is 776. The molecule has 0 heterocycles. The van der Waals surface area contributed by atoms with Gasteiger partial charge < -0.3 is 15.6 Å². The molecule has 0 aliphatic heterocycles. The van der Waals surface area contributed by atoms with Crippen molar-refractivity contribution >= 4 is 11.9 Å². The molecule has 142 valence electrons. The van der Waals surface area contributed by atoms with Crippen LogP contribution in [0.4, 0.5) is 0 Å². The van der Waals surface area contributed by atoms with Crippen LogP contribution in [0.3, 0.4) is 0 Å². The minimum Gasteiger partial charge on any atom is -0.480 e. The van der Waals surface area contributed by atoms with Crippen LogP contribution in [-0.2, 0) is 14.3 Å². The van der Waals surface area contributed by atoms with Crippen molar-refractivity contribution in [2.75, 3.05) is 19.7 Å². The lowest BCUT2D eigenvalue weighted by atomic mass is 9.98. The molecule has 1 aliphatic carbocycles. The average molecular weight is 368 g/mol. The van der Waals surface area contributed by atoms with Gasteiger partial charge in [-0.2, -0.15) is 0 Å². The van der Waals surface area contributed by atoms with Gasteiger partial charge in [0.25, 0.3) is 0 Å². The maximum Gasteiger partial charge on any atom is 0.320 e. The molecule has 2 aromatic rings. The van der Waals surface area contributed by atoms with Gasteiger partial charge in [0.15, 0.2) is 0 Å². The number of rotatable bonds is 9. The molecule has 0 bridgehead atoms. The van der Waals surface area contributed by atoms with Gasteiger partial charge in [0.2, 0.25) is 0 Å². The maximum atomic E-state index is 12.1. The number of hydrogen-bond donors (Lipinski definition) is 3. The van der Waals surface area contributed by atoms with Crippen molar-refractivity contribution in [1.29, 1.82) is 0 Å². The van der Waals surface area contributed by atoms with E-state index in [1.807, 2.05) is 24.3 Å². The van der Waals surface area contributed by atoms with E-state index in [1.165, 1.54) is 11.1 Å². The molecule has 6 heteroatoms. The van der Waals surface area contributed by atoms with Crippen LogP contribution in [0.15, 0.2) is 48.5 Å². The number of nitrogens with one attached hydrogen (secondary N) is 1. The molecule has 0 fully saturated rings. The zero-order valence-corrected chi connectivity index (χ0v) is 15.1. The number of carboxylic acid groups (broad SMARTS) is 1. The number of hydrogen-bond acceptors (Lipinski definition) is 5. The molecular weight excluding hydrogens is 344 g/mol. The van der Waals surface area contributed by atoms with Crippen molar-refractivity contribution in [1.82, 2.24) is 5.32 Å². The lowest BCUT2D eigenvalue weighted by Crippen LogP contribution is -2.40. The first kappa shape index (κ1) is 19.1. The van der Waals surface area contributed by atoms with E-state index < -0.39 is 18.0 Å². The fourth-order valence-electron chi connectivity index (χ4n) is 3.51. The second-order valence-corrected chi connectivity index (χ2v) is 6.61. The number of carbonyl (C=O) groups is 2. The van der Waals surface area contributed by atoms with Crippen LogP contribution in [0.25, 0.3) is 11.1 Å². The van der Waals surface area contributed by atoms with Crippen LogP contribution >= 0.6 is 0 Å². The van der Waals surface area contributed by atoms with Crippen LogP contribution in [0.1, 0.15) is 29.9 Å².